The quantitative estimate of drug-likeness (QED) is 0.594. The molecule has 0 aliphatic heterocycles. The van der Waals surface area contributed by atoms with Gasteiger partial charge in [-0.1, -0.05) is 23.8 Å². The lowest BCUT2D eigenvalue weighted by Gasteiger charge is -2.15. The van der Waals surface area contributed by atoms with E-state index in [-0.39, 0.29) is 12.4 Å². The van der Waals surface area contributed by atoms with Crippen LogP contribution in [-0.4, -0.2) is 18.4 Å². The summed E-state index contributed by atoms with van der Waals surface area (Å²) in [6.07, 6.45) is 0. The number of rotatable bonds is 4. The second kappa shape index (κ2) is 5.62. The fraction of sp³-hybridized carbons (Fsp3) is 0.429. The molecule has 0 saturated carbocycles. The summed E-state index contributed by atoms with van der Waals surface area (Å²) in [6, 6.07) is 5.69. The first-order chi connectivity index (χ1) is 7.97. The third-order valence-corrected chi connectivity index (χ3v) is 2.67. The molecule has 0 heterocycles. The maximum atomic E-state index is 11.8. The molecule has 1 unspecified atom stereocenters. The molecule has 1 aromatic carbocycles. The minimum atomic E-state index is -0.796. The van der Waals surface area contributed by atoms with E-state index in [0.29, 0.717) is 0 Å². The van der Waals surface area contributed by atoms with E-state index in [4.69, 9.17) is 4.74 Å². The molecule has 0 amide bonds. The van der Waals surface area contributed by atoms with E-state index in [2.05, 4.69) is 0 Å². The first-order valence-electron chi connectivity index (χ1n) is 5.71. The van der Waals surface area contributed by atoms with Crippen LogP contribution in [0.4, 0.5) is 0 Å². The number of benzene rings is 1. The Hall–Kier alpha value is -1.64. The van der Waals surface area contributed by atoms with E-state index in [9.17, 15) is 9.59 Å². The van der Waals surface area contributed by atoms with Gasteiger partial charge >= 0.3 is 5.97 Å². The lowest BCUT2D eigenvalue weighted by molar-refractivity contribution is -0.147. The summed E-state index contributed by atoms with van der Waals surface area (Å²) in [5, 5.41) is 0. The van der Waals surface area contributed by atoms with Crippen LogP contribution in [0.25, 0.3) is 0 Å². The van der Waals surface area contributed by atoms with Crippen LogP contribution in [-0.2, 0) is 14.3 Å². The number of hydrogen-bond acceptors (Lipinski definition) is 3. The highest BCUT2D eigenvalue weighted by Crippen LogP contribution is 2.23. The lowest BCUT2D eigenvalue weighted by Crippen LogP contribution is -2.23. The maximum absolute atomic E-state index is 11.8. The van der Waals surface area contributed by atoms with E-state index in [1.54, 1.807) is 6.92 Å². The van der Waals surface area contributed by atoms with Gasteiger partial charge in [0, 0.05) is 0 Å². The minimum absolute atomic E-state index is 0.185. The SMILES string of the molecule is CCOC(=O)C(C(C)=O)c1ccc(C)cc1C. The summed E-state index contributed by atoms with van der Waals surface area (Å²) in [5.41, 5.74) is 2.79. The summed E-state index contributed by atoms with van der Waals surface area (Å²) in [7, 11) is 0. The van der Waals surface area contributed by atoms with Crippen molar-refractivity contribution in [2.45, 2.75) is 33.6 Å². The number of ketones is 1. The van der Waals surface area contributed by atoms with E-state index in [1.807, 2.05) is 32.0 Å². The largest absolute Gasteiger partial charge is 0.465 e. The van der Waals surface area contributed by atoms with Crippen LogP contribution in [0.15, 0.2) is 18.2 Å². The summed E-state index contributed by atoms with van der Waals surface area (Å²) in [5.74, 6) is -1.45. The number of esters is 1. The highest BCUT2D eigenvalue weighted by atomic mass is 16.5. The number of aryl methyl sites for hydroxylation is 2. The van der Waals surface area contributed by atoms with Crippen molar-refractivity contribution in [3.63, 3.8) is 0 Å². The van der Waals surface area contributed by atoms with Gasteiger partial charge in [0.1, 0.15) is 11.7 Å². The van der Waals surface area contributed by atoms with Crippen molar-refractivity contribution in [2.24, 2.45) is 0 Å². The van der Waals surface area contributed by atoms with E-state index in [0.717, 1.165) is 16.7 Å². The zero-order valence-corrected chi connectivity index (χ0v) is 10.7. The normalized spacial score (nSPS) is 12.0. The third kappa shape index (κ3) is 3.16. The van der Waals surface area contributed by atoms with E-state index in [1.165, 1.54) is 6.92 Å². The van der Waals surface area contributed by atoms with Crippen molar-refractivity contribution in [2.75, 3.05) is 6.61 Å². The molecule has 17 heavy (non-hydrogen) atoms. The zero-order chi connectivity index (χ0) is 13.0. The van der Waals surface area contributed by atoms with E-state index >= 15 is 0 Å². The molecular weight excluding hydrogens is 216 g/mol. The number of hydrogen-bond donors (Lipinski definition) is 0. The standard InChI is InChI=1S/C14H18O3/c1-5-17-14(16)13(11(4)15)12-7-6-9(2)8-10(12)3/h6-8,13H,5H2,1-4H3. The first kappa shape index (κ1) is 13.4. The molecule has 0 spiro atoms. The molecule has 0 aromatic heterocycles. The van der Waals surface area contributed by atoms with Crippen molar-refractivity contribution in [1.82, 2.24) is 0 Å². The summed E-state index contributed by atoms with van der Waals surface area (Å²) >= 11 is 0. The van der Waals surface area contributed by atoms with Gasteiger partial charge in [-0.25, -0.2) is 0 Å². The zero-order valence-electron chi connectivity index (χ0n) is 10.7. The Morgan fingerprint density at radius 3 is 2.41 bits per heavy atom. The van der Waals surface area contributed by atoms with Gasteiger partial charge in [0.15, 0.2) is 0 Å². The number of carbonyl (C=O) groups excluding carboxylic acids is 2. The fourth-order valence-corrected chi connectivity index (χ4v) is 1.89. The highest BCUT2D eigenvalue weighted by molar-refractivity contribution is 6.03. The molecule has 1 aromatic rings. The predicted octanol–water partition coefficient (Wildman–Crippen LogP) is 2.54. The molecule has 0 bridgehead atoms. The van der Waals surface area contributed by atoms with Gasteiger partial charge in [0.25, 0.3) is 0 Å². The molecule has 1 atom stereocenters. The lowest BCUT2D eigenvalue weighted by atomic mass is 9.91. The number of ether oxygens (including phenoxy) is 1. The third-order valence-electron chi connectivity index (χ3n) is 2.67. The molecule has 3 heteroatoms. The van der Waals surface area contributed by atoms with Crippen LogP contribution in [0.1, 0.15) is 36.5 Å². The molecular formula is C14H18O3. The predicted molar refractivity (Wildman–Crippen MR) is 66.0 cm³/mol. The first-order valence-corrected chi connectivity index (χ1v) is 5.71. The Morgan fingerprint density at radius 1 is 1.29 bits per heavy atom. The van der Waals surface area contributed by atoms with Gasteiger partial charge in [0.05, 0.1) is 6.61 Å². The topological polar surface area (TPSA) is 43.4 Å². The van der Waals surface area contributed by atoms with Crippen molar-refractivity contribution in [1.29, 1.82) is 0 Å². The summed E-state index contributed by atoms with van der Waals surface area (Å²) in [4.78, 5) is 23.4. The Bertz CT molecular complexity index is 435. The van der Waals surface area contributed by atoms with Gasteiger partial charge < -0.3 is 4.74 Å². The van der Waals surface area contributed by atoms with Crippen LogP contribution < -0.4 is 0 Å². The monoisotopic (exact) mass is 234 g/mol. The Labute approximate surface area is 102 Å². The molecule has 1 rings (SSSR count). The Morgan fingerprint density at radius 2 is 1.94 bits per heavy atom. The van der Waals surface area contributed by atoms with Gasteiger partial charge in [-0.05, 0) is 38.8 Å². The van der Waals surface area contributed by atoms with Crippen molar-refractivity contribution >= 4 is 11.8 Å². The van der Waals surface area contributed by atoms with Crippen LogP contribution in [0.5, 0.6) is 0 Å². The van der Waals surface area contributed by atoms with Crippen molar-refractivity contribution in [3.05, 3.63) is 34.9 Å². The molecule has 0 fully saturated rings. The maximum Gasteiger partial charge on any atom is 0.320 e. The van der Waals surface area contributed by atoms with Crippen LogP contribution >= 0.6 is 0 Å². The molecule has 0 radical (unpaired) electrons. The molecule has 0 aliphatic rings. The van der Waals surface area contributed by atoms with Gasteiger partial charge in [0.2, 0.25) is 0 Å². The summed E-state index contributed by atoms with van der Waals surface area (Å²) < 4.78 is 4.95. The molecule has 0 saturated heterocycles. The Balaban J connectivity index is 3.14. The van der Waals surface area contributed by atoms with Crippen molar-refractivity contribution < 1.29 is 14.3 Å². The molecule has 0 N–H and O–H groups in total. The average molecular weight is 234 g/mol. The number of carbonyl (C=O) groups is 2. The van der Waals surface area contributed by atoms with Gasteiger partial charge in [-0.15, -0.1) is 0 Å². The molecule has 3 nitrogen and oxygen atoms in total. The fourth-order valence-electron chi connectivity index (χ4n) is 1.89. The minimum Gasteiger partial charge on any atom is -0.465 e. The van der Waals surface area contributed by atoms with Crippen LogP contribution in [0.2, 0.25) is 0 Å². The second-order valence-corrected chi connectivity index (χ2v) is 4.16. The van der Waals surface area contributed by atoms with Gasteiger partial charge in [-0.3, -0.25) is 9.59 Å². The smallest absolute Gasteiger partial charge is 0.320 e. The summed E-state index contributed by atoms with van der Waals surface area (Å²) in [6.45, 7) is 7.31. The second-order valence-electron chi connectivity index (χ2n) is 4.16. The molecule has 0 aliphatic carbocycles. The van der Waals surface area contributed by atoms with Crippen LogP contribution in [0.3, 0.4) is 0 Å². The van der Waals surface area contributed by atoms with Crippen molar-refractivity contribution in [3.8, 4) is 0 Å². The Kier molecular flexibility index (Phi) is 4.44. The van der Waals surface area contributed by atoms with Crippen LogP contribution in [0, 0.1) is 13.8 Å². The number of Topliss-reactive ketones (excluding diaryl/α,β-unsaturated/α-hetero) is 1. The van der Waals surface area contributed by atoms with E-state index < -0.39 is 11.9 Å². The average Bonchev–Trinajstić information content (AvgIpc) is 2.21. The van der Waals surface area contributed by atoms with Gasteiger partial charge in [-0.2, -0.15) is 0 Å². The molecule has 92 valence electrons. The highest BCUT2D eigenvalue weighted by Gasteiger charge is 2.27.